The van der Waals surface area contributed by atoms with Crippen molar-refractivity contribution in [2.45, 2.75) is 6.54 Å². The van der Waals surface area contributed by atoms with Crippen LogP contribution < -0.4 is 11.1 Å². The highest BCUT2D eigenvalue weighted by Crippen LogP contribution is 2.33. The van der Waals surface area contributed by atoms with E-state index in [9.17, 15) is 0 Å². The van der Waals surface area contributed by atoms with Crippen molar-refractivity contribution in [3.8, 4) is 0 Å². The summed E-state index contributed by atoms with van der Waals surface area (Å²) in [6.07, 6.45) is 1.57. The van der Waals surface area contributed by atoms with Crippen molar-refractivity contribution in [1.29, 1.82) is 0 Å². The molecular formula is C10H9Cl2N3O. The Morgan fingerprint density at radius 3 is 2.56 bits per heavy atom. The number of benzene rings is 1. The smallest absolute Gasteiger partial charge is 0.155 e. The van der Waals surface area contributed by atoms with E-state index in [2.05, 4.69) is 10.5 Å². The number of anilines is 2. The summed E-state index contributed by atoms with van der Waals surface area (Å²) in [7, 11) is 0. The fourth-order valence-corrected chi connectivity index (χ4v) is 1.91. The monoisotopic (exact) mass is 257 g/mol. The molecule has 4 nitrogen and oxygen atoms in total. The number of nitrogens with one attached hydrogen (secondary N) is 1. The molecule has 0 aliphatic heterocycles. The van der Waals surface area contributed by atoms with Gasteiger partial charge in [-0.25, -0.2) is 0 Å². The second-order valence-corrected chi connectivity index (χ2v) is 4.01. The first-order chi connectivity index (χ1) is 7.66. The average Bonchev–Trinajstić information content (AvgIpc) is 2.68. The molecule has 2 rings (SSSR count). The quantitative estimate of drug-likeness (QED) is 0.830. The van der Waals surface area contributed by atoms with E-state index in [0.29, 0.717) is 33.7 Å². The Morgan fingerprint density at radius 2 is 2.00 bits per heavy atom. The zero-order valence-electron chi connectivity index (χ0n) is 8.21. The predicted octanol–water partition coefficient (Wildman–Crippen LogP) is 3.18. The van der Waals surface area contributed by atoms with Gasteiger partial charge in [0.15, 0.2) is 5.76 Å². The first-order valence-corrected chi connectivity index (χ1v) is 5.30. The van der Waals surface area contributed by atoms with E-state index in [0.717, 1.165) is 0 Å². The van der Waals surface area contributed by atoms with E-state index in [4.69, 9.17) is 33.5 Å². The normalized spacial score (nSPS) is 10.4. The van der Waals surface area contributed by atoms with Crippen LogP contribution in [0.3, 0.4) is 0 Å². The number of nitrogens with zero attached hydrogens (tertiary/aromatic N) is 1. The second-order valence-electron chi connectivity index (χ2n) is 3.19. The van der Waals surface area contributed by atoms with Crippen LogP contribution in [0.4, 0.5) is 11.4 Å². The molecule has 84 valence electrons. The van der Waals surface area contributed by atoms with Gasteiger partial charge in [0.1, 0.15) is 0 Å². The molecule has 3 N–H and O–H groups in total. The molecule has 0 bridgehead atoms. The molecule has 0 aliphatic rings. The first kappa shape index (κ1) is 11.1. The largest absolute Gasteiger partial charge is 0.399 e. The Morgan fingerprint density at radius 1 is 1.31 bits per heavy atom. The van der Waals surface area contributed by atoms with Crippen LogP contribution in [0, 0.1) is 0 Å². The Balaban J connectivity index is 2.15. The van der Waals surface area contributed by atoms with Crippen LogP contribution in [0.2, 0.25) is 10.0 Å². The number of nitrogen functional groups attached to an aromatic ring is 1. The molecule has 0 spiro atoms. The maximum Gasteiger partial charge on any atom is 0.155 e. The van der Waals surface area contributed by atoms with Crippen LogP contribution in [0.5, 0.6) is 0 Å². The zero-order valence-corrected chi connectivity index (χ0v) is 9.72. The van der Waals surface area contributed by atoms with Crippen LogP contribution in [0.25, 0.3) is 0 Å². The summed E-state index contributed by atoms with van der Waals surface area (Å²) in [6.45, 7) is 0.462. The summed E-state index contributed by atoms with van der Waals surface area (Å²) in [5.74, 6) is 0.698. The molecule has 6 heteroatoms. The fraction of sp³-hybridized carbons (Fsp3) is 0.100. The average molecular weight is 258 g/mol. The summed E-state index contributed by atoms with van der Waals surface area (Å²) >= 11 is 12.0. The molecule has 0 atom stereocenters. The maximum atomic E-state index is 6.00. The molecule has 1 aromatic heterocycles. The van der Waals surface area contributed by atoms with Crippen molar-refractivity contribution in [3.05, 3.63) is 40.2 Å². The van der Waals surface area contributed by atoms with Crippen molar-refractivity contribution in [2.75, 3.05) is 11.1 Å². The molecule has 1 aromatic carbocycles. The summed E-state index contributed by atoms with van der Waals surface area (Å²) < 4.78 is 4.94. The van der Waals surface area contributed by atoms with Gasteiger partial charge in [-0.1, -0.05) is 28.4 Å². The van der Waals surface area contributed by atoms with Gasteiger partial charge in [-0.3, -0.25) is 0 Å². The molecule has 0 aliphatic carbocycles. The van der Waals surface area contributed by atoms with Gasteiger partial charge in [-0.15, -0.1) is 0 Å². The molecule has 0 saturated heterocycles. The van der Waals surface area contributed by atoms with Crippen LogP contribution in [0.1, 0.15) is 5.76 Å². The molecule has 0 radical (unpaired) electrons. The van der Waals surface area contributed by atoms with Crippen LogP contribution in [-0.4, -0.2) is 5.16 Å². The minimum Gasteiger partial charge on any atom is -0.399 e. The third-order valence-corrected chi connectivity index (χ3v) is 2.59. The molecular weight excluding hydrogens is 249 g/mol. The third kappa shape index (κ3) is 2.40. The molecule has 2 aromatic rings. The molecule has 0 saturated carbocycles. The highest BCUT2D eigenvalue weighted by Gasteiger charge is 2.07. The van der Waals surface area contributed by atoms with Gasteiger partial charge in [0.25, 0.3) is 0 Å². The number of rotatable bonds is 3. The number of aromatic nitrogens is 1. The van der Waals surface area contributed by atoms with E-state index in [1.54, 1.807) is 24.4 Å². The Bertz CT molecular complexity index is 462. The molecule has 0 amide bonds. The Hall–Kier alpha value is -1.39. The third-order valence-electron chi connectivity index (χ3n) is 2.00. The van der Waals surface area contributed by atoms with E-state index in [-0.39, 0.29) is 0 Å². The fourth-order valence-electron chi connectivity index (χ4n) is 1.27. The van der Waals surface area contributed by atoms with Crippen molar-refractivity contribution >= 4 is 34.6 Å². The number of hydrogen-bond donors (Lipinski definition) is 2. The lowest BCUT2D eigenvalue weighted by atomic mass is 10.2. The van der Waals surface area contributed by atoms with E-state index < -0.39 is 0 Å². The second kappa shape index (κ2) is 4.63. The van der Waals surface area contributed by atoms with Crippen molar-refractivity contribution in [2.24, 2.45) is 0 Å². The zero-order chi connectivity index (χ0) is 11.5. The predicted molar refractivity (Wildman–Crippen MR) is 64.7 cm³/mol. The molecule has 16 heavy (non-hydrogen) atoms. The summed E-state index contributed by atoms with van der Waals surface area (Å²) in [5, 5.41) is 7.60. The van der Waals surface area contributed by atoms with E-state index in [1.165, 1.54) is 0 Å². The summed E-state index contributed by atoms with van der Waals surface area (Å²) in [6, 6.07) is 5.03. The van der Waals surface area contributed by atoms with Gasteiger partial charge >= 0.3 is 0 Å². The highest BCUT2D eigenvalue weighted by molar-refractivity contribution is 6.39. The topological polar surface area (TPSA) is 64.1 Å². The van der Waals surface area contributed by atoms with Crippen molar-refractivity contribution in [1.82, 2.24) is 5.16 Å². The van der Waals surface area contributed by atoms with Crippen molar-refractivity contribution in [3.63, 3.8) is 0 Å². The SMILES string of the molecule is Nc1cc(Cl)c(NCc2ccno2)c(Cl)c1. The molecule has 0 fully saturated rings. The lowest BCUT2D eigenvalue weighted by Gasteiger charge is -2.09. The minimum absolute atomic E-state index is 0.462. The minimum atomic E-state index is 0.462. The van der Waals surface area contributed by atoms with Gasteiger partial charge in [0.05, 0.1) is 28.5 Å². The standard InChI is InChI=1S/C10H9Cl2N3O/c11-8-3-6(13)4-9(12)10(8)14-5-7-1-2-15-16-7/h1-4,14H,5,13H2. The van der Waals surface area contributed by atoms with Crippen LogP contribution >= 0.6 is 23.2 Å². The van der Waals surface area contributed by atoms with E-state index in [1.807, 2.05) is 0 Å². The summed E-state index contributed by atoms with van der Waals surface area (Å²) in [4.78, 5) is 0. The number of hydrogen-bond acceptors (Lipinski definition) is 4. The van der Waals surface area contributed by atoms with Gasteiger partial charge in [0, 0.05) is 11.8 Å². The van der Waals surface area contributed by atoms with Gasteiger partial charge in [-0.2, -0.15) is 0 Å². The lowest BCUT2D eigenvalue weighted by Crippen LogP contribution is -2.00. The van der Waals surface area contributed by atoms with Gasteiger partial charge in [0.2, 0.25) is 0 Å². The van der Waals surface area contributed by atoms with Crippen molar-refractivity contribution < 1.29 is 4.52 Å². The Kier molecular flexibility index (Phi) is 3.22. The molecule has 0 unspecified atom stereocenters. The Labute approximate surface area is 102 Å². The van der Waals surface area contributed by atoms with Gasteiger partial charge < -0.3 is 15.6 Å². The van der Waals surface area contributed by atoms with Crippen LogP contribution in [-0.2, 0) is 6.54 Å². The molecule has 1 heterocycles. The van der Waals surface area contributed by atoms with E-state index >= 15 is 0 Å². The van der Waals surface area contributed by atoms with Gasteiger partial charge in [-0.05, 0) is 12.1 Å². The number of halogens is 2. The highest BCUT2D eigenvalue weighted by atomic mass is 35.5. The first-order valence-electron chi connectivity index (χ1n) is 4.55. The van der Waals surface area contributed by atoms with Crippen LogP contribution in [0.15, 0.2) is 28.9 Å². The number of nitrogens with two attached hydrogens (primary N) is 1. The lowest BCUT2D eigenvalue weighted by molar-refractivity contribution is 0.388. The maximum absolute atomic E-state index is 6.00. The summed E-state index contributed by atoms with van der Waals surface area (Å²) in [5.41, 5.74) is 6.76.